The maximum atomic E-state index is 15.7. The van der Waals surface area contributed by atoms with Gasteiger partial charge >= 0.3 is 12.3 Å². The highest BCUT2D eigenvalue weighted by Crippen LogP contribution is 2.41. The fraction of sp³-hybridized carbons (Fsp3) is 0.243. The number of halogens is 11. The number of hydrogen-bond donors (Lipinski definition) is 0. The molecule has 254 valence electrons. The van der Waals surface area contributed by atoms with Crippen molar-refractivity contribution in [2.75, 3.05) is 0 Å². The summed E-state index contributed by atoms with van der Waals surface area (Å²) in [5.41, 5.74) is -3.75. The molecule has 1 aliphatic carbocycles. The SMILES string of the molecule is CC1CCC(c2ccc3c(F)c(-c4cc(F)c(C(F)(F)Oc5ccc6c(F)c(C#CC(F)(F)F)c(F)cc6c5)c(F)c4)c(F)cc3c2)CC1. The first-order chi connectivity index (χ1) is 23.0. The molecular weight excluding hydrogens is 669 g/mol. The Morgan fingerprint density at radius 1 is 0.653 bits per heavy atom. The zero-order valence-electron chi connectivity index (χ0n) is 25.3. The van der Waals surface area contributed by atoms with E-state index in [1.54, 1.807) is 12.1 Å². The maximum Gasteiger partial charge on any atom is 0.458 e. The number of benzene rings is 5. The van der Waals surface area contributed by atoms with Crippen molar-refractivity contribution in [3.8, 4) is 28.7 Å². The summed E-state index contributed by atoms with van der Waals surface area (Å²) in [4.78, 5) is 0. The summed E-state index contributed by atoms with van der Waals surface area (Å²) < 4.78 is 163. The Morgan fingerprint density at radius 3 is 1.90 bits per heavy atom. The van der Waals surface area contributed by atoms with Gasteiger partial charge in [-0.1, -0.05) is 43.9 Å². The topological polar surface area (TPSA) is 9.23 Å². The van der Waals surface area contributed by atoms with Crippen LogP contribution < -0.4 is 4.74 Å². The van der Waals surface area contributed by atoms with Crippen LogP contribution in [0, 0.1) is 52.7 Å². The molecule has 5 aromatic rings. The summed E-state index contributed by atoms with van der Waals surface area (Å²) in [6, 6.07) is 9.17. The Balaban J connectivity index is 1.30. The van der Waals surface area contributed by atoms with Gasteiger partial charge in [-0.15, -0.1) is 0 Å². The van der Waals surface area contributed by atoms with Crippen molar-refractivity contribution in [3.63, 3.8) is 0 Å². The largest absolute Gasteiger partial charge is 0.458 e. The Morgan fingerprint density at radius 2 is 1.24 bits per heavy atom. The number of ether oxygens (including phenoxy) is 1. The molecule has 0 bridgehead atoms. The third-order valence-corrected chi connectivity index (χ3v) is 8.74. The molecule has 0 atom stereocenters. The van der Waals surface area contributed by atoms with Crippen LogP contribution in [0.3, 0.4) is 0 Å². The van der Waals surface area contributed by atoms with E-state index in [2.05, 4.69) is 11.7 Å². The summed E-state index contributed by atoms with van der Waals surface area (Å²) in [5.74, 6) is -7.12. The van der Waals surface area contributed by atoms with E-state index in [0.29, 0.717) is 36.2 Å². The standard InChI is InChI=1S/C37H23F11O/c1-18-2-4-19(5-3-18)20-6-8-26-21(12-20)15-29(39)32(35(26)43)23-16-30(40)33(31(41)17-23)37(47,48)49-24-7-9-25-22(13-24)14-28(38)27(34(25)42)10-11-36(44,45)46/h6-9,12-19H,2-5H2,1H3. The molecule has 1 nitrogen and oxygen atoms in total. The minimum Gasteiger partial charge on any atom is -0.429 e. The first-order valence-corrected chi connectivity index (χ1v) is 15.0. The van der Waals surface area contributed by atoms with Crippen molar-refractivity contribution in [3.05, 3.63) is 112 Å². The predicted molar refractivity (Wildman–Crippen MR) is 161 cm³/mol. The van der Waals surface area contributed by atoms with Crippen molar-refractivity contribution in [1.82, 2.24) is 0 Å². The molecule has 1 aliphatic rings. The lowest BCUT2D eigenvalue weighted by Gasteiger charge is -2.26. The molecular formula is C37H23F11O. The van der Waals surface area contributed by atoms with Crippen LogP contribution in [0.2, 0.25) is 0 Å². The smallest absolute Gasteiger partial charge is 0.429 e. The van der Waals surface area contributed by atoms with Crippen molar-refractivity contribution in [1.29, 1.82) is 0 Å². The van der Waals surface area contributed by atoms with Crippen molar-refractivity contribution in [2.24, 2.45) is 5.92 Å². The monoisotopic (exact) mass is 692 g/mol. The summed E-state index contributed by atoms with van der Waals surface area (Å²) in [6.07, 6.45) is -5.90. The highest BCUT2D eigenvalue weighted by Gasteiger charge is 2.41. The van der Waals surface area contributed by atoms with Gasteiger partial charge in [0.15, 0.2) is 0 Å². The fourth-order valence-corrected chi connectivity index (χ4v) is 6.27. The Bertz CT molecular complexity index is 2150. The quantitative estimate of drug-likeness (QED) is 0.132. The number of hydrogen-bond acceptors (Lipinski definition) is 1. The molecule has 0 radical (unpaired) electrons. The fourth-order valence-electron chi connectivity index (χ4n) is 6.27. The van der Waals surface area contributed by atoms with Crippen LogP contribution in [0.15, 0.2) is 60.7 Å². The second kappa shape index (κ2) is 12.6. The second-order valence-electron chi connectivity index (χ2n) is 12.1. The van der Waals surface area contributed by atoms with Gasteiger partial charge in [0.25, 0.3) is 0 Å². The van der Waals surface area contributed by atoms with Gasteiger partial charge in [0.2, 0.25) is 0 Å². The number of alkyl halides is 5. The first kappa shape index (κ1) is 34.1. The predicted octanol–water partition coefficient (Wildman–Crippen LogP) is 11.8. The molecule has 0 amide bonds. The van der Waals surface area contributed by atoms with Gasteiger partial charge in [-0.05, 0) is 89.0 Å². The van der Waals surface area contributed by atoms with Gasteiger partial charge in [0.05, 0.1) is 11.1 Å². The highest BCUT2D eigenvalue weighted by atomic mass is 19.4. The van der Waals surface area contributed by atoms with E-state index in [1.165, 1.54) is 12.0 Å². The van der Waals surface area contributed by atoms with Gasteiger partial charge in [0.1, 0.15) is 46.2 Å². The van der Waals surface area contributed by atoms with Crippen LogP contribution in [0.1, 0.15) is 55.2 Å². The molecule has 0 saturated heterocycles. The van der Waals surface area contributed by atoms with Crippen LogP contribution in [-0.2, 0) is 6.11 Å². The normalized spacial score (nSPS) is 16.9. The molecule has 1 saturated carbocycles. The molecule has 1 fully saturated rings. The molecule has 0 N–H and O–H groups in total. The molecule has 0 spiro atoms. The average molecular weight is 693 g/mol. The first-order valence-electron chi connectivity index (χ1n) is 15.0. The molecule has 0 unspecified atom stereocenters. The van der Waals surface area contributed by atoms with Crippen LogP contribution in [0.4, 0.5) is 48.3 Å². The van der Waals surface area contributed by atoms with Crippen LogP contribution >= 0.6 is 0 Å². The molecule has 0 heterocycles. The lowest BCUT2D eigenvalue weighted by atomic mass is 9.79. The average Bonchev–Trinajstić information content (AvgIpc) is 2.99. The molecule has 49 heavy (non-hydrogen) atoms. The van der Waals surface area contributed by atoms with Crippen LogP contribution in [0.25, 0.3) is 32.7 Å². The van der Waals surface area contributed by atoms with E-state index < -0.39 is 86.0 Å². The van der Waals surface area contributed by atoms with E-state index in [-0.39, 0.29) is 16.7 Å². The minimum atomic E-state index is -5.05. The van der Waals surface area contributed by atoms with Crippen LogP contribution in [0.5, 0.6) is 5.75 Å². The zero-order valence-corrected chi connectivity index (χ0v) is 25.3. The van der Waals surface area contributed by atoms with E-state index in [9.17, 15) is 22.0 Å². The summed E-state index contributed by atoms with van der Waals surface area (Å²) in [7, 11) is 0. The highest BCUT2D eigenvalue weighted by molar-refractivity contribution is 5.89. The van der Waals surface area contributed by atoms with Gasteiger partial charge < -0.3 is 4.74 Å². The van der Waals surface area contributed by atoms with Crippen molar-refractivity contribution in [2.45, 2.75) is 50.8 Å². The Labute approximate surface area is 272 Å². The van der Waals surface area contributed by atoms with Gasteiger partial charge in [-0.3, -0.25) is 0 Å². The lowest BCUT2D eigenvalue weighted by molar-refractivity contribution is -0.189. The lowest BCUT2D eigenvalue weighted by Crippen LogP contribution is -2.25. The van der Waals surface area contributed by atoms with Gasteiger partial charge in [0, 0.05) is 16.7 Å². The number of rotatable bonds is 5. The summed E-state index contributed by atoms with van der Waals surface area (Å²) in [5, 5.41) is -0.760. The molecule has 0 aromatic heterocycles. The van der Waals surface area contributed by atoms with Crippen molar-refractivity contribution < 1.29 is 53.0 Å². The molecule has 0 aliphatic heterocycles. The third kappa shape index (κ3) is 6.76. The van der Waals surface area contributed by atoms with Crippen LogP contribution in [-0.4, -0.2) is 6.18 Å². The molecule has 6 rings (SSSR count). The third-order valence-electron chi connectivity index (χ3n) is 8.74. The summed E-state index contributed by atoms with van der Waals surface area (Å²) in [6.45, 7) is 2.16. The molecule has 12 heteroatoms. The zero-order chi connectivity index (χ0) is 35.4. The van der Waals surface area contributed by atoms with E-state index in [4.69, 9.17) is 0 Å². The minimum absolute atomic E-state index is 0.0356. The van der Waals surface area contributed by atoms with E-state index in [0.717, 1.165) is 49.3 Å². The van der Waals surface area contributed by atoms with Gasteiger partial charge in [-0.25, -0.2) is 26.3 Å². The van der Waals surface area contributed by atoms with Gasteiger partial charge in [-0.2, -0.15) is 22.0 Å². The summed E-state index contributed by atoms with van der Waals surface area (Å²) >= 11 is 0. The maximum absolute atomic E-state index is 15.7. The Kier molecular flexibility index (Phi) is 8.76. The van der Waals surface area contributed by atoms with E-state index >= 15 is 26.3 Å². The van der Waals surface area contributed by atoms with E-state index in [1.807, 2.05) is 0 Å². The van der Waals surface area contributed by atoms with Crippen molar-refractivity contribution >= 4 is 21.5 Å². The Hall–Kier alpha value is -4.79. The second-order valence-corrected chi connectivity index (χ2v) is 12.1. The molecule has 5 aromatic carbocycles. The number of fused-ring (bicyclic) bond motifs is 2.